The van der Waals surface area contributed by atoms with Crippen molar-refractivity contribution in [2.45, 2.75) is 38.4 Å². The SMILES string of the molecule is CCc1ccc(OCC(=O)NCC2(O)CCOC2C)cc1. The number of aryl methyl sites for hydroxylation is 1. The van der Waals surface area contributed by atoms with Crippen LogP contribution in [0.4, 0.5) is 0 Å². The van der Waals surface area contributed by atoms with E-state index in [2.05, 4.69) is 12.2 Å². The predicted molar refractivity (Wildman–Crippen MR) is 79.3 cm³/mol. The van der Waals surface area contributed by atoms with Gasteiger partial charge < -0.3 is 19.9 Å². The highest BCUT2D eigenvalue weighted by Gasteiger charge is 2.39. The number of carbonyl (C=O) groups is 1. The van der Waals surface area contributed by atoms with Crippen LogP contribution in [0.3, 0.4) is 0 Å². The Morgan fingerprint density at radius 3 is 2.76 bits per heavy atom. The van der Waals surface area contributed by atoms with Crippen LogP contribution in [0.15, 0.2) is 24.3 Å². The van der Waals surface area contributed by atoms with E-state index >= 15 is 0 Å². The molecule has 1 aliphatic heterocycles. The predicted octanol–water partition coefficient (Wildman–Crippen LogP) is 1.28. The summed E-state index contributed by atoms with van der Waals surface area (Å²) in [4.78, 5) is 11.8. The molecule has 0 bridgehead atoms. The Kier molecular flexibility index (Phi) is 5.20. The molecule has 0 radical (unpaired) electrons. The Morgan fingerprint density at radius 1 is 1.48 bits per heavy atom. The molecule has 1 aromatic rings. The highest BCUT2D eigenvalue weighted by molar-refractivity contribution is 5.77. The van der Waals surface area contributed by atoms with E-state index in [0.29, 0.717) is 18.8 Å². The molecule has 1 heterocycles. The Bertz CT molecular complexity index is 474. The minimum absolute atomic E-state index is 0.0587. The summed E-state index contributed by atoms with van der Waals surface area (Å²) in [5.74, 6) is 0.417. The summed E-state index contributed by atoms with van der Waals surface area (Å²) in [6.07, 6.45) is 1.24. The first-order valence-corrected chi connectivity index (χ1v) is 7.36. The molecule has 1 aromatic carbocycles. The van der Waals surface area contributed by atoms with Crippen LogP contribution in [0.2, 0.25) is 0 Å². The van der Waals surface area contributed by atoms with Gasteiger partial charge in [0, 0.05) is 19.6 Å². The molecule has 1 fully saturated rings. The van der Waals surface area contributed by atoms with Gasteiger partial charge in [-0.2, -0.15) is 0 Å². The Labute approximate surface area is 125 Å². The van der Waals surface area contributed by atoms with Gasteiger partial charge >= 0.3 is 0 Å². The number of benzene rings is 1. The number of aliphatic hydroxyl groups is 1. The quantitative estimate of drug-likeness (QED) is 0.829. The van der Waals surface area contributed by atoms with E-state index < -0.39 is 5.60 Å². The van der Waals surface area contributed by atoms with Crippen LogP contribution in [-0.2, 0) is 16.0 Å². The number of ether oxygens (including phenoxy) is 2. The van der Waals surface area contributed by atoms with Gasteiger partial charge in [-0.25, -0.2) is 0 Å². The molecule has 0 saturated carbocycles. The van der Waals surface area contributed by atoms with Gasteiger partial charge in [-0.3, -0.25) is 4.79 Å². The zero-order chi connectivity index (χ0) is 15.3. The van der Waals surface area contributed by atoms with Crippen LogP contribution >= 0.6 is 0 Å². The van der Waals surface area contributed by atoms with Crippen LogP contribution in [-0.4, -0.2) is 42.5 Å². The van der Waals surface area contributed by atoms with E-state index in [-0.39, 0.29) is 25.2 Å². The van der Waals surface area contributed by atoms with E-state index in [1.807, 2.05) is 31.2 Å². The van der Waals surface area contributed by atoms with E-state index in [4.69, 9.17) is 9.47 Å². The highest BCUT2D eigenvalue weighted by Crippen LogP contribution is 2.24. The van der Waals surface area contributed by atoms with E-state index in [1.54, 1.807) is 0 Å². The second-order valence-corrected chi connectivity index (χ2v) is 5.43. The second kappa shape index (κ2) is 6.91. The van der Waals surface area contributed by atoms with E-state index in [1.165, 1.54) is 5.56 Å². The Balaban J connectivity index is 1.74. The normalized spacial score (nSPS) is 24.8. The lowest BCUT2D eigenvalue weighted by Gasteiger charge is -2.26. The molecule has 1 aliphatic rings. The number of rotatable bonds is 6. The third-order valence-corrected chi connectivity index (χ3v) is 3.95. The van der Waals surface area contributed by atoms with Gasteiger partial charge in [0.15, 0.2) is 6.61 Å². The average molecular weight is 293 g/mol. The van der Waals surface area contributed by atoms with Gasteiger partial charge in [0.25, 0.3) is 5.91 Å². The Hall–Kier alpha value is -1.59. The third-order valence-electron chi connectivity index (χ3n) is 3.95. The molecule has 5 heteroatoms. The highest BCUT2D eigenvalue weighted by atomic mass is 16.5. The van der Waals surface area contributed by atoms with Crippen molar-refractivity contribution in [2.75, 3.05) is 19.8 Å². The van der Waals surface area contributed by atoms with Crippen molar-refractivity contribution in [1.29, 1.82) is 0 Å². The number of nitrogens with one attached hydrogen (secondary N) is 1. The summed E-state index contributed by atoms with van der Waals surface area (Å²) in [5, 5.41) is 13.0. The topological polar surface area (TPSA) is 67.8 Å². The van der Waals surface area contributed by atoms with Gasteiger partial charge in [0.1, 0.15) is 11.4 Å². The minimum atomic E-state index is -0.974. The minimum Gasteiger partial charge on any atom is -0.484 e. The second-order valence-electron chi connectivity index (χ2n) is 5.43. The van der Waals surface area contributed by atoms with Crippen molar-refractivity contribution >= 4 is 5.91 Å². The summed E-state index contributed by atoms with van der Waals surface area (Å²) in [5.41, 5.74) is 0.252. The third kappa shape index (κ3) is 4.19. The monoisotopic (exact) mass is 293 g/mol. The van der Waals surface area contributed by atoms with Crippen LogP contribution in [0.1, 0.15) is 25.8 Å². The van der Waals surface area contributed by atoms with Crippen LogP contribution < -0.4 is 10.1 Å². The summed E-state index contributed by atoms with van der Waals surface area (Å²) in [6, 6.07) is 7.67. The maximum atomic E-state index is 11.8. The maximum absolute atomic E-state index is 11.8. The van der Waals surface area contributed by atoms with Crippen molar-refractivity contribution in [2.24, 2.45) is 0 Å². The van der Waals surface area contributed by atoms with Gasteiger partial charge in [0.05, 0.1) is 6.10 Å². The average Bonchev–Trinajstić information content (AvgIpc) is 2.83. The molecule has 2 rings (SSSR count). The summed E-state index contributed by atoms with van der Waals surface area (Å²) in [6.45, 7) is 4.54. The molecule has 5 nitrogen and oxygen atoms in total. The molecular weight excluding hydrogens is 270 g/mol. The van der Waals surface area contributed by atoms with Gasteiger partial charge in [-0.15, -0.1) is 0 Å². The molecule has 0 aliphatic carbocycles. The fourth-order valence-electron chi connectivity index (χ4n) is 2.28. The van der Waals surface area contributed by atoms with Gasteiger partial charge in [0.2, 0.25) is 0 Å². The zero-order valence-corrected chi connectivity index (χ0v) is 12.6. The molecule has 2 atom stereocenters. The van der Waals surface area contributed by atoms with Crippen LogP contribution in [0.5, 0.6) is 5.75 Å². The van der Waals surface area contributed by atoms with Crippen LogP contribution in [0.25, 0.3) is 0 Å². The van der Waals surface area contributed by atoms with Gasteiger partial charge in [-0.05, 0) is 31.0 Å². The molecular formula is C16H23NO4. The van der Waals surface area contributed by atoms with Crippen molar-refractivity contribution in [3.8, 4) is 5.75 Å². The number of carbonyl (C=O) groups excluding carboxylic acids is 1. The first-order chi connectivity index (χ1) is 10.0. The summed E-state index contributed by atoms with van der Waals surface area (Å²) < 4.78 is 10.7. The smallest absolute Gasteiger partial charge is 0.258 e. The standard InChI is InChI=1S/C16H23NO4/c1-3-13-4-6-14(7-5-13)21-10-15(18)17-11-16(19)8-9-20-12(16)2/h4-7,12,19H,3,8-11H2,1-2H3,(H,17,18). The van der Waals surface area contributed by atoms with Crippen molar-refractivity contribution in [1.82, 2.24) is 5.32 Å². The number of hydrogen-bond donors (Lipinski definition) is 2. The van der Waals surface area contributed by atoms with Crippen molar-refractivity contribution in [3.63, 3.8) is 0 Å². The lowest BCUT2D eigenvalue weighted by atomic mass is 9.97. The lowest BCUT2D eigenvalue weighted by molar-refractivity contribution is -0.124. The first kappa shape index (κ1) is 15.8. The molecule has 1 saturated heterocycles. The summed E-state index contributed by atoms with van der Waals surface area (Å²) >= 11 is 0. The lowest BCUT2D eigenvalue weighted by Crippen LogP contribution is -2.48. The molecule has 21 heavy (non-hydrogen) atoms. The zero-order valence-electron chi connectivity index (χ0n) is 12.6. The molecule has 0 aromatic heterocycles. The number of amides is 1. The largest absolute Gasteiger partial charge is 0.484 e. The molecule has 2 unspecified atom stereocenters. The maximum Gasteiger partial charge on any atom is 0.258 e. The first-order valence-electron chi connectivity index (χ1n) is 7.36. The fourth-order valence-corrected chi connectivity index (χ4v) is 2.28. The van der Waals surface area contributed by atoms with Crippen LogP contribution in [0, 0.1) is 0 Å². The van der Waals surface area contributed by atoms with E-state index in [9.17, 15) is 9.90 Å². The van der Waals surface area contributed by atoms with Crippen molar-refractivity contribution < 1.29 is 19.4 Å². The van der Waals surface area contributed by atoms with Gasteiger partial charge in [-0.1, -0.05) is 19.1 Å². The fraction of sp³-hybridized carbons (Fsp3) is 0.562. The Morgan fingerprint density at radius 2 is 2.19 bits per heavy atom. The van der Waals surface area contributed by atoms with Crippen molar-refractivity contribution in [3.05, 3.63) is 29.8 Å². The molecule has 0 spiro atoms. The molecule has 2 N–H and O–H groups in total. The van der Waals surface area contributed by atoms with E-state index in [0.717, 1.165) is 6.42 Å². The summed E-state index contributed by atoms with van der Waals surface area (Å²) in [7, 11) is 0. The molecule has 1 amide bonds. The number of hydrogen-bond acceptors (Lipinski definition) is 4. The molecule has 116 valence electrons.